The molecular formula is C14H18N2S. The Morgan fingerprint density at radius 1 is 1.18 bits per heavy atom. The highest BCUT2D eigenvalue weighted by molar-refractivity contribution is 7.09. The molecule has 90 valence electrons. The quantitative estimate of drug-likeness (QED) is 0.894. The summed E-state index contributed by atoms with van der Waals surface area (Å²) in [5.41, 5.74) is 7.10. The molecule has 1 N–H and O–H groups in total. The summed E-state index contributed by atoms with van der Waals surface area (Å²) < 4.78 is 0. The number of aromatic nitrogens is 1. The van der Waals surface area contributed by atoms with Gasteiger partial charge in [-0.3, -0.25) is 0 Å². The van der Waals surface area contributed by atoms with Crippen molar-refractivity contribution < 1.29 is 0 Å². The summed E-state index contributed by atoms with van der Waals surface area (Å²) in [6.07, 6.45) is 0. The zero-order valence-corrected chi connectivity index (χ0v) is 11.4. The summed E-state index contributed by atoms with van der Waals surface area (Å²) in [6, 6.07) is 6.61. The molecule has 1 heterocycles. The van der Waals surface area contributed by atoms with Gasteiger partial charge >= 0.3 is 0 Å². The van der Waals surface area contributed by atoms with Crippen LogP contribution in [-0.4, -0.2) is 4.98 Å². The first-order chi connectivity index (χ1) is 8.16. The fraction of sp³-hybridized carbons (Fsp3) is 0.357. The molecule has 2 aromatic rings. The van der Waals surface area contributed by atoms with E-state index in [-0.39, 0.29) is 0 Å². The number of benzene rings is 1. The topological polar surface area (TPSA) is 24.9 Å². The highest BCUT2D eigenvalue weighted by Crippen LogP contribution is 2.13. The van der Waals surface area contributed by atoms with Crippen molar-refractivity contribution in [1.82, 2.24) is 10.3 Å². The number of nitrogens with one attached hydrogen (secondary N) is 1. The van der Waals surface area contributed by atoms with Crippen molar-refractivity contribution >= 4 is 11.3 Å². The minimum absolute atomic E-state index is 0.907. The third kappa shape index (κ3) is 3.14. The average Bonchev–Trinajstić information content (AvgIpc) is 2.68. The van der Waals surface area contributed by atoms with Gasteiger partial charge in [-0.2, -0.15) is 0 Å². The van der Waals surface area contributed by atoms with Crippen molar-refractivity contribution in [2.75, 3.05) is 0 Å². The highest BCUT2D eigenvalue weighted by atomic mass is 32.1. The first-order valence-electron chi connectivity index (χ1n) is 5.82. The first kappa shape index (κ1) is 12.3. The van der Waals surface area contributed by atoms with E-state index in [1.54, 1.807) is 11.3 Å². The SMILES string of the molecule is Cc1ccc(CNCc2scnc2C)c(C)c1. The molecular weight excluding hydrogens is 228 g/mol. The van der Waals surface area contributed by atoms with Gasteiger partial charge in [0.05, 0.1) is 11.2 Å². The Labute approximate surface area is 107 Å². The minimum atomic E-state index is 0.907. The number of hydrogen-bond acceptors (Lipinski definition) is 3. The molecule has 0 saturated heterocycles. The van der Waals surface area contributed by atoms with Crippen LogP contribution in [0.3, 0.4) is 0 Å². The Morgan fingerprint density at radius 3 is 2.65 bits per heavy atom. The third-order valence-electron chi connectivity index (χ3n) is 2.94. The van der Waals surface area contributed by atoms with Crippen molar-refractivity contribution in [2.45, 2.75) is 33.9 Å². The van der Waals surface area contributed by atoms with Crippen molar-refractivity contribution in [3.05, 3.63) is 51.0 Å². The van der Waals surface area contributed by atoms with Gasteiger partial charge in [-0.05, 0) is 31.9 Å². The number of hydrogen-bond donors (Lipinski definition) is 1. The van der Waals surface area contributed by atoms with Crippen molar-refractivity contribution in [3.8, 4) is 0 Å². The maximum absolute atomic E-state index is 4.25. The van der Waals surface area contributed by atoms with Gasteiger partial charge in [0.1, 0.15) is 0 Å². The zero-order valence-electron chi connectivity index (χ0n) is 10.6. The van der Waals surface area contributed by atoms with Crippen LogP contribution in [0.5, 0.6) is 0 Å². The third-order valence-corrected chi connectivity index (χ3v) is 3.88. The summed E-state index contributed by atoms with van der Waals surface area (Å²) in [7, 11) is 0. The molecule has 1 aromatic carbocycles. The Bertz CT molecular complexity index is 503. The summed E-state index contributed by atoms with van der Waals surface area (Å²) in [6.45, 7) is 8.19. The molecule has 0 aliphatic heterocycles. The molecule has 1 aromatic heterocycles. The van der Waals surface area contributed by atoms with Crippen LogP contribution >= 0.6 is 11.3 Å². The van der Waals surface area contributed by atoms with E-state index < -0.39 is 0 Å². The minimum Gasteiger partial charge on any atom is -0.308 e. The maximum atomic E-state index is 4.25. The lowest BCUT2D eigenvalue weighted by Crippen LogP contribution is -2.13. The predicted molar refractivity (Wildman–Crippen MR) is 73.3 cm³/mol. The van der Waals surface area contributed by atoms with E-state index in [9.17, 15) is 0 Å². The number of nitrogens with zero attached hydrogens (tertiary/aromatic N) is 1. The van der Waals surface area contributed by atoms with Crippen LogP contribution in [0.15, 0.2) is 23.7 Å². The molecule has 2 nitrogen and oxygen atoms in total. The summed E-state index contributed by atoms with van der Waals surface area (Å²) in [5.74, 6) is 0. The second kappa shape index (κ2) is 5.43. The molecule has 0 aliphatic rings. The summed E-state index contributed by atoms with van der Waals surface area (Å²) in [4.78, 5) is 5.58. The molecule has 3 heteroatoms. The molecule has 0 amide bonds. The number of aryl methyl sites for hydroxylation is 3. The van der Waals surface area contributed by atoms with Crippen LogP contribution in [0, 0.1) is 20.8 Å². The molecule has 0 fully saturated rings. The van der Waals surface area contributed by atoms with Gasteiger partial charge in [-0.25, -0.2) is 4.98 Å². The first-order valence-corrected chi connectivity index (χ1v) is 6.70. The largest absolute Gasteiger partial charge is 0.308 e. The Kier molecular flexibility index (Phi) is 3.92. The monoisotopic (exact) mass is 246 g/mol. The van der Waals surface area contributed by atoms with Crippen LogP contribution < -0.4 is 5.32 Å². The van der Waals surface area contributed by atoms with Crippen molar-refractivity contribution in [3.63, 3.8) is 0 Å². The summed E-state index contributed by atoms with van der Waals surface area (Å²) >= 11 is 1.72. The van der Waals surface area contributed by atoms with Gasteiger partial charge in [0.25, 0.3) is 0 Å². The van der Waals surface area contributed by atoms with Crippen LogP contribution in [0.2, 0.25) is 0 Å². The fourth-order valence-corrected chi connectivity index (χ4v) is 2.60. The second-order valence-corrected chi connectivity index (χ2v) is 5.33. The molecule has 0 spiro atoms. The van der Waals surface area contributed by atoms with Crippen LogP contribution in [0.25, 0.3) is 0 Å². The normalized spacial score (nSPS) is 10.8. The van der Waals surface area contributed by atoms with Crippen LogP contribution in [-0.2, 0) is 13.1 Å². The van der Waals surface area contributed by atoms with Gasteiger partial charge < -0.3 is 5.32 Å². The van der Waals surface area contributed by atoms with Gasteiger partial charge in [-0.15, -0.1) is 11.3 Å². The van der Waals surface area contributed by atoms with E-state index in [1.165, 1.54) is 21.6 Å². The lowest BCUT2D eigenvalue weighted by atomic mass is 10.1. The van der Waals surface area contributed by atoms with Crippen molar-refractivity contribution in [2.24, 2.45) is 0 Å². The molecule has 0 unspecified atom stereocenters. The molecule has 0 atom stereocenters. The zero-order chi connectivity index (χ0) is 12.3. The van der Waals surface area contributed by atoms with E-state index in [2.05, 4.69) is 49.3 Å². The standard InChI is InChI=1S/C14H18N2S/c1-10-4-5-13(11(2)6-10)7-15-8-14-12(3)16-9-17-14/h4-6,9,15H,7-8H2,1-3H3. The number of rotatable bonds is 4. The second-order valence-electron chi connectivity index (χ2n) is 4.39. The highest BCUT2D eigenvalue weighted by Gasteiger charge is 2.02. The molecule has 0 saturated carbocycles. The lowest BCUT2D eigenvalue weighted by molar-refractivity contribution is 0.694. The van der Waals surface area contributed by atoms with E-state index in [0.717, 1.165) is 18.8 Å². The van der Waals surface area contributed by atoms with Crippen molar-refractivity contribution in [1.29, 1.82) is 0 Å². The summed E-state index contributed by atoms with van der Waals surface area (Å²) in [5, 5.41) is 3.48. The molecule has 0 bridgehead atoms. The van der Waals surface area contributed by atoms with E-state index in [4.69, 9.17) is 0 Å². The Hall–Kier alpha value is -1.19. The molecule has 0 radical (unpaired) electrons. The Morgan fingerprint density at radius 2 is 2.00 bits per heavy atom. The molecule has 0 aliphatic carbocycles. The predicted octanol–water partition coefficient (Wildman–Crippen LogP) is 3.36. The number of thiazole rings is 1. The van der Waals surface area contributed by atoms with Gasteiger partial charge in [0.15, 0.2) is 0 Å². The lowest BCUT2D eigenvalue weighted by Gasteiger charge is -2.08. The van der Waals surface area contributed by atoms with E-state index in [1.807, 2.05) is 5.51 Å². The van der Waals surface area contributed by atoms with Crippen LogP contribution in [0.4, 0.5) is 0 Å². The Balaban J connectivity index is 1.92. The molecule has 2 rings (SSSR count). The van der Waals surface area contributed by atoms with Crippen LogP contribution in [0.1, 0.15) is 27.3 Å². The maximum Gasteiger partial charge on any atom is 0.0798 e. The fourth-order valence-electron chi connectivity index (χ4n) is 1.85. The van der Waals surface area contributed by atoms with Gasteiger partial charge in [-0.1, -0.05) is 23.8 Å². The smallest absolute Gasteiger partial charge is 0.0798 e. The molecule has 17 heavy (non-hydrogen) atoms. The van der Waals surface area contributed by atoms with Gasteiger partial charge in [0.2, 0.25) is 0 Å². The van der Waals surface area contributed by atoms with E-state index >= 15 is 0 Å². The van der Waals surface area contributed by atoms with Gasteiger partial charge in [0, 0.05) is 18.0 Å². The average molecular weight is 246 g/mol. The van der Waals surface area contributed by atoms with E-state index in [0.29, 0.717) is 0 Å².